The first kappa shape index (κ1) is 10.9. The smallest absolute Gasteiger partial charge is 0.207 e. The first-order valence-corrected chi connectivity index (χ1v) is 4.84. The summed E-state index contributed by atoms with van der Waals surface area (Å²) in [6.07, 6.45) is 0. The van der Waals surface area contributed by atoms with Gasteiger partial charge in [0.1, 0.15) is 0 Å². The lowest BCUT2D eigenvalue weighted by molar-refractivity contribution is 0.677. The van der Waals surface area contributed by atoms with Crippen molar-refractivity contribution in [2.45, 2.75) is 6.92 Å². The molecular weight excluding hydrogens is 254 g/mol. The molecule has 0 unspecified atom stereocenters. The largest absolute Gasteiger partial charge is 0.248 e. The van der Waals surface area contributed by atoms with Gasteiger partial charge in [-0.25, -0.2) is 4.98 Å². The number of hydrogen-bond donors (Lipinski definition) is 0. The van der Waals surface area contributed by atoms with Gasteiger partial charge in [-0.1, -0.05) is 0 Å². The van der Waals surface area contributed by atoms with E-state index in [9.17, 15) is 0 Å². The van der Waals surface area contributed by atoms with Crippen LogP contribution in [0, 0.1) is 6.92 Å². The Kier molecular flexibility index (Phi) is 2.61. The van der Waals surface area contributed by atoms with Crippen molar-refractivity contribution in [1.29, 1.82) is 0 Å². The maximum Gasteiger partial charge on any atom is 0.248 e. The van der Waals surface area contributed by atoms with E-state index in [0.29, 0.717) is 5.82 Å². The molecule has 0 aliphatic carbocycles. The van der Waals surface area contributed by atoms with Crippen LogP contribution in [0.25, 0.3) is 23.3 Å². The molecule has 13 nitrogen and oxygen atoms in total. The molecule has 3 heterocycles. The Hall–Kier alpha value is -3.25. The van der Waals surface area contributed by atoms with Gasteiger partial charge in [-0.15, -0.1) is 40.8 Å². The Morgan fingerprint density at radius 1 is 0.474 bits per heavy atom. The van der Waals surface area contributed by atoms with Crippen molar-refractivity contribution in [3.8, 4) is 23.3 Å². The van der Waals surface area contributed by atoms with Gasteiger partial charge in [0, 0.05) is 0 Å². The molecule has 3 aromatic rings. The van der Waals surface area contributed by atoms with Gasteiger partial charge in [-0.3, -0.25) is 0 Å². The van der Waals surface area contributed by atoms with E-state index >= 15 is 0 Å². The second-order valence-corrected chi connectivity index (χ2v) is 3.11. The van der Waals surface area contributed by atoms with Crippen LogP contribution in [0.1, 0.15) is 5.82 Å². The van der Waals surface area contributed by atoms with Crippen molar-refractivity contribution in [2.24, 2.45) is 0 Å². The summed E-state index contributed by atoms with van der Waals surface area (Å²) < 4.78 is 0. The summed E-state index contributed by atoms with van der Waals surface area (Å²) in [4.78, 5) is 3.99. The average Bonchev–Trinajstić information content (AvgIpc) is 2.48. The van der Waals surface area contributed by atoms with E-state index in [1.165, 1.54) is 0 Å². The van der Waals surface area contributed by atoms with Crippen LogP contribution in [-0.4, -0.2) is 66.6 Å². The van der Waals surface area contributed by atoms with E-state index in [1.54, 1.807) is 6.92 Å². The monoisotopic (exact) mass is 257 g/mol. The SMILES string of the molecule is Cc1nnnc(-c2nnc(-c3nnnnn3)nn2)n1. The molecule has 92 valence electrons. The van der Waals surface area contributed by atoms with Gasteiger partial charge in [-0.05, 0) is 27.8 Å². The van der Waals surface area contributed by atoms with Crippen LogP contribution in [0.15, 0.2) is 0 Å². The zero-order valence-electron chi connectivity index (χ0n) is 9.31. The van der Waals surface area contributed by atoms with E-state index in [4.69, 9.17) is 0 Å². The van der Waals surface area contributed by atoms with Gasteiger partial charge in [0.15, 0.2) is 5.82 Å². The van der Waals surface area contributed by atoms with E-state index in [1.807, 2.05) is 0 Å². The van der Waals surface area contributed by atoms with Crippen LogP contribution in [0.3, 0.4) is 0 Å². The molecule has 0 aromatic carbocycles. The van der Waals surface area contributed by atoms with Crippen molar-refractivity contribution >= 4 is 0 Å². The molecule has 0 saturated heterocycles. The third kappa shape index (κ3) is 2.24. The Morgan fingerprint density at radius 3 is 1.63 bits per heavy atom. The number of aromatic nitrogens is 13. The number of rotatable bonds is 2. The van der Waals surface area contributed by atoms with Crippen molar-refractivity contribution in [3.05, 3.63) is 5.82 Å². The summed E-state index contributed by atoms with van der Waals surface area (Å²) in [5, 5.41) is 42.8. The van der Waals surface area contributed by atoms with Gasteiger partial charge in [0.25, 0.3) is 0 Å². The van der Waals surface area contributed by atoms with Crippen LogP contribution in [0.4, 0.5) is 0 Å². The van der Waals surface area contributed by atoms with E-state index in [0.717, 1.165) is 0 Å². The van der Waals surface area contributed by atoms with Gasteiger partial charge in [0.05, 0.1) is 0 Å². The summed E-state index contributed by atoms with van der Waals surface area (Å²) in [7, 11) is 0. The van der Waals surface area contributed by atoms with Crippen molar-refractivity contribution in [3.63, 3.8) is 0 Å². The molecule has 0 amide bonds. The van der Waals surface area contributed by atoms with E-state index in [2.05, 4.69) is 66.6 Å². The van der Waals surface area contributed by atoms with Gasteiger partial charge in [0.2, 0.25) is 23.3 Å². The zero-order chi connectivity index (χ0) is 13.1. The molecule has 0 atom stereocenters. The van der Waals surface area contributed by atoms with E-state index < -0.39 is 0 Å². The highest BCUT2D eigenvalue weighted by atomic mass is 15.5. The van der Waals surface area contributed by atoms with Gasteiger partial charge >= 0.3 is 0 Å². The summed E-state index contributed by atoms with van der Waals surface area (Å²) in [5.74, 6) is 0.836. The Bertz CT molecular complexity index is 681. The lowest BCUT2D eigenvalue weighted by Gasteiger charge is -1.96. The Morgan fingerprint density at radius 2 is 1.00 bits per heavy atom. The fraction of sp³-hybridized carbons (Fsp3) is 0.167. The first-order chi connectivity index (χ1) is 9.33. The van der Waals surface area contributed by atoms with Gasteiger partial charge in [-0.2, -0.15) is 0 Å². The quantitative estimate of drug-likeness (QED) is 0.471. The predicted octanol–water partition coefficient (Wildman–Crippen LogP) is -2.54. The molecule has 0 aliphatic heterocycles. The number of aryl methyl sites for hydroxylation is 1. The fourth-order valence-corrected chi connectivity index (χ4v) is 1.08. The highest BCUT2D eigenvalue weighted by Gasteiger charge is 2.12. The summed E-state index contributed by atoms with van der Waals surface area (Å²) in [5.41, 5.74) is 0. The van der Waals surface area contributed by atoms with Crippen LogP contribution in [0.5, 0.6) is 0 Å². The third-order valence-electron chi connectivity index (χ3n) is 1.83. The van der Waals surface area contributed by atoms with Crippen LogP contribution in [-0.2, 0) is 0 Å². The molecule has 0 fully saturated rings. The minimum Gasteiger partial charge on any atom is -0.207 e. The zero-order valence-corrected chi connectivity index (χ0v) is 9.31. The second-order valence-electron chi connectivity index (χ2n) is 3.11. The summed E-state index contributed by atoms with van der Waals surface area (Å²) in [6, 6.07) is 0. The molecule has 0 radical (unpaired) electrons. The molecular formula is C6H3N13. The molecule has 3 aromatic heterocycles. The Balaban J connectivity index is 1.95. The molecule has 19 heavy (non-hydrogen) atoms. The lowest BCUT2D eigenvalue weighted by Crippen LogP contribution is -2.07. The molecule has 0 saturated carbocycles. The maximum absolute atomic E-state index is 3.99. The first-order valence-electron chi connectivity index (χ1n) is 4.84. The number of hydrogen-bond acceptors (Lipinski definition) is 13. The summed E-state index contributed by atoms with van der Waals surface area (Å²) in [6.45, 7) is 1.66. The lowest BCUT2D eigenvalue weighted by atomic mass is 10.5. The van der Waals surface area contributed by atoms with Crippen molar-refractivity contribution in [1.82, 2.24) is 66.6 Å². The highest BCUT2D eigenvalue weighted by Crippen LogP contribution is 2.06. The fourth-order valence-electron chi connectivity index (χ4n) is 1.08. The molecule has 0 aliphatic rings. The molecule has 13 heteroatoms. The highest BCUT2D eigenvalue weighted by molar-refractivity contribution is 5.42. The predicted molar refractivity (Wildman–Crippen MR) is 53.4 cm³/mol. The molecule has 0 bridgehead atoms. The van der Waals surface area contributed by atoms with Gasteiger partial charge < -0.3 is 0 Å². The van der Waals surface area contributed by atoms with Crippen LogP contribution in [0.2, 0.25) is 0 Å². The van der Waals surface area contributed by atoms with Crippen LogP contribution < -0.4 is 0 Å². The minimum atomic E-state index is 0.0601. The molecule has 3 rings (SSSR count). The van der Waals surface area contributed by atoms with Crippen molar-refractivity contribution < 1.29 is 0 Å². The third-order valence-corrected chi connectivity index (χ3v) is 1.83. The van der Waals surface area contributed by atoms with Crippen LogP contribution >= 0.6 is 0 Å². The number of nitrogens with zero attached hydrogens (tertiary/aromatic N) is 13. The normalized spacial score (nSPS) is 10.4. The van der Waals surface area contributed by atoms with Crippen molar-refractivity contribution in [2.75, 3.05) is 0 Å². The molecule has 0 spiro atoms. The Labute approximate surface area is 104 Å². The minimum absolute atomic E-state index is 0.0601. The average molecular weight is 257 g/mol. The second kappa shape index (κ2) is 4.55. The summed E-state index contributed by atoms with van der Waals surface area (Å²) >= 11 is 0. The molecule has 0 N–H and O–H groups in total. The maximum atomic E-state index is 3.99. The van der Waals surface area contributed by atoms with E-state index in [-0.39, 0.29) is 23.3 Å². The standard InChI is InChI=1S/C6H3N13/c1-2-7-3(13-16-8-2)4-9-11-5(12-10-4)6-14-17-19-18-15-6/h1H3. The topological polar surface area (TPSA) is 168 Å².